The standard InChI is InChI=1S/C12H17BrFN/c1-3-4-5-9(2)15-12-8-10(14)6-7-11(12)13/h6-9,15H,3-5H2,1-2H3. The predicted octanol–water partition coefficient (Wildman–Crippen LogP) is 4.58. The number of hydrogen-bond donors (Lipinski definition) is 1. The van der Waals surface area contributed by atoms with Crippen molar-refractivity contribution in [1.82, 2.24) is 0 Å². The highest BCUT2D eigenvalue weighted by atomic mass is 79.9. The summed E-state index contributed by atoms with van der Waals surface area (Å²) in [7, 11) is 0. The fourth-order valence-corrected chi connectivity index (χ4v) is 1.82. The zero-order valence-electron chi connectivity index (χ0n) is 9.19. The number of unbranched alkanes of at least 4 members (excludes halogenated alkanes) is 1. The first-order valence-electron chi connectivity index (χ1n) is 5.35. The first-order valence-corrected chi connectivity index (χ1v) is 6.14. The summed E-state index contributed by atoms with van der Waals surface area (Å²) < 4.78 is 13.9. The number of nitrogens with one attached hydrogen (secondary N) is 1. The molecule has 0 saturated carbocycles. The van der Waals surface area contributed by atoms with Crippen molar-refractivity contribution in [2.75, 3.05) is 5.32 Å². The highest BCUT2D eigenvalue weighted by Gasteiger charge is 2.05. The summed E-state index contributed by atoms with van der Waals surface area (Å²) >= 11 is 3.40. The molecule has 0 saturated heterocycles. The van der Waals surface area contributed by atoms with E-state index in [1.54, 1.807) is 6.07 Å². The Morgan fingerprint density at radius 1 is 1.47 bits per heavy atom. The van der Waals surface area contributed by atoms with Gasteiger partial charge >= 0.3 is 0 Å². The van der Waals surface area contributed by atoms with Crippen LogP contribution in [-0.2, 0) is 0 Å². The van der Waals surface area contributed by atoms with E-state index in [0.717, 1.165) is 16.6 Å². The van der Waals surface area contributed by atoms with Gasteiger partial charge in [0, 0.05) is 10.5 Å². The van der Waals surface area contributed by atoms with Crippen LogP contribution in [0.4, 0.5) is 10.1 Å². The molecule has 0 aliphatic carbocycles. The van der Waals surface area contributed by atoms with Crippen molar-refractivity contribution in [3.05, 3.63) is 28.5 Å². The van der Waals surface area contributed by atoms with Gasteiger partial charge < -0.3 is 5.32 Å². The van der Waals surface area contributed by atoms with Crippen LogP contribution in [0, 0.1) is 5.82 Å². The van der Waals surface area contributed by atoms with Crippen molar-refractivity contribution in [2.45, 2.75) is 39.2 Å². The summed E-state index contributed by atoms with van der Waals surface area (Å²) in [5, 5.41) is 3.30. The van der Waals surface area contributed by atoms with Gasteiger partial charge in [-0.15, -0.1) is 0 Å². The molecule has 15 heavy (non-hydrogen) atoms. The molecule has 1 atom stereocenters. The van der Waals surface area contributed by atoms with Gasteiger partial charge in [0.25, 0.3) is 0 Å². The fourth-order valence-electron chi connectivity index (χ4n) is 1.46. The second kappa shape index (κ2) is 6.11. The third-order valence-corrected chi connectivity index (χ3v) is 3.01. The summed E-state index contributed by atoms with van der Waals surface area (Å²) in [5.41, 5.74) is 0.832. The minimum Gasteiger partial charge on any atom is -0.382 e. The minimum absolute atomic E-state index is 0.205. The Morgan fingerprint density at radius 2 is 2.20 bits per heavy atom. The molecule has 0 fully saturated rings. The molecule has 84 valence electrons. The molecule has 0 amide bonds. The van der Waals surface area contributed by atoms with E-state index in [1.807, 2.05) is 0 Å². The average Bonchev–Trinajstić information content (AvgIpc) is 2.20. The van der Waals surface area contributed by atoms with Crippen LogP contribution in [0.5, 0.6) is 0 Å². The van der Waals surface area contributed by atoms with Gasteiger partial charge in [0.1, 0.15) is 5.82 Å². The highest BCUT2D eigenvalue weighted by Crippen LogP contribution is 2.24. The van der Waals surface area contributed by atoms with E-state index in [1.165, 1.54) is 25.0 Å². The SMILES string of the molecule is CCCCC(C)Nc1cc(F)ccc1Br. The van der Waals surface area contributed by atoms with Crippen LogP contribution in [0.1, 0.15) is 33.1 Å². The maximum Gasteiger partial charge on any atom is 0.125 e. The van der Waals surface area contributed by atoms with E-state index < -0.39 is 0 Å². The highest BCUT2D eigenvalue weighted by molar-refractivity contribution is 9.10. The maximum absolute atomic E-state index is 13.0. The molecule has 0 heterocycles. The van der Waals surface area contributed by atoms with Crippen molar-refractivity contribution in [3.63, 3.8) is 0 Å². The average molecular weight is 274 g/mol. The monoisotopic (exact) mass is 273 g/mol. The van der Waals surface area contributed by atoms with Crippen molar-refractivity contribution < 1.29 is 4.39 Å². The number of halogens is 2. The Balaban J connectivity index is 2.59. The molecule has 0 aliphatic heterocycles. The normalized spacial score (nSPS) is 12.5. The smallest absolute Gasteiger partial charge is 0.125 e. The third-order valence-electron chi connectivity index (χ3n) is 2.32. The first kappa shape index (κ1) is 12.5. The quantitative estimate of drug-likeness (QED) is 0.828. The van der Waals surface area contributed by atoms with E-state index >= 15 is 0 Å². The van der Waals surface area contributed by atoms with Crippen molar-refractivity contribution in [3.8, 4) is 0 Å². The molecular weight excluding hydrogens is 257 g/mol. The van der Waals surface area contributed by atoms with Crippen molar-refractivity contribution in [2.24, 2.45) is 0 Å². The van der Waals surface area contributed by atoms with Gasteiger partial charge in [-0.1, -0.05) is 19.8 Å². The number of hydrogen-bond acceptors (Lipinski definition) is 1. The second-order valence-corrected chi connectivity index (χ2v) is 4.67. The lowest BCUT2D eigenvalue weighted by Gasteiger charge is -2.16. The van der Waals surface area contributed by atoms with Gasteiger partial charge in [-0.2, -0.15) is 0 Å². The fraction of sp³-hybridized carbons (Fsp3) is 0.500. The Morgan fingerprint density at radius 3 is 2.87 bits per heavy atom. The third kappa shape index (κ3) is 4.20. The molecule has 0 radical (unpaired) electrons. The van der Waals surface area contributed by atoms with E-state index in [-0.39, 0.29) is 5.82 Å². The van der Waals surface area contributed by atoms with E-state index in [4.69, 9.17) is 0 Å². The van der Waals surface area contributed by atoms with Crippen molar-refractivity contribution in [1.29, 1.82) is 0 Å². The van der Waals surface area contributed by atoms with E-state index in [9.17, 15) is 4.39 Å². The molecule has 0 aromatic heterocycles. The van der Waals surface area contributed by atoms with Gasteiger partial charge in [-0.25, -0.2) is 4.39 Å². The zero-order valence-corrected chi connectivity index (χ0v) is 10.8. The van der Waals surface area contributed by atoms with Gasteiger partial charge in [-0.3, -0.25) is 0 Å². The van der Waals surface area contributed by atoms with E-state index in [2.05, 4.69) is 35.1 Å². The lowest BCUT2D eigenvalue weighted by atomic mass is 10.1. The molecule has 0 aliphatic rings. The minimum atomic E-state index is -0.205. The second-order valence-electron chi connectivity index (χ2n) is 3.81. The lowest BCUT2D eigenvalue weighted by Crippen LogP contribution is -2.15. The van der Waals surface area contributed by atoms with E-state index in [0.29, 0.717) is 6.04 Å². The summed E-state index contributed by atoms with van der Waals surface area (Å²) in [6.07, 6.45) is 3.50. The summed E-state index contributed by atoms with van der Waals surface area (Å²) in [5.74, 6) is -0.205. The van der Waals surface area contributed by atoms with Crippen LogP contribution in [-0.4, -0.2) is 6.04 Å². The Labute approximate surface area is 99.2 Å². The predicted molar refractivity (Wildman–Crippen MR) is 66.7 cm³/mol. The summed E-state index contributed by atoms with van der Waals surface area (Å²) in [6, 6.07) is 5.07. The Kier molecular flexibility index (Phi) is 5.09. The molecule has 1 unspecified atom stereocenters. The number of benzene rings is 1. The van der Waals surface area contributed by atoms with Gasteiger partial charge in [0.15, 0.2) is 0 Å². The molecule has 1 rings (SSSR count). The topological polar surface area (TPSA) is 12.0 Å². The molecule has 1 nitrogen and oxygen atoms in total. The van der Waals surface area contributed by atoms with Crippen LogP contribution < -0.4 is 5.32 Å². The maximum atomic E-state index is 13.0. The largest absolute Gasteiger partial charge is 0.382 e. The van der Waals surface area contributed by atoms with Crippen LogP contribution >= 0.6 is 15.9 Å². The first-order chi connectivity index (χ1) is 7.13. The molecule has 0 bridgehead atoms. The van der Waals surface area contributed by atoms with Gasteiger partial charge in [0.2, 0.25) is 0 Å². The lowest BCUT2D eigenvalue weighted by molar-refractivity contribution is 0.624. The van der Waals surface area contributed by atoms with Crippen LogP contribution in [0.2, 0.25) is 0 Å². The van der Waals surface area contributed by atoms with Crippen molar-refractivity contribution >= 4 is 21.6 Å². The number of anilines is 1. The van der Waals surface area contributed by atoms with Crippen LogP contribution in [0.3, 0.4) is 0 Å². The number of rotatable bonds is 5. The molecule has 1 aromatic rings. The van der Waals surface area contributed by atoms with Gasteiger partial charge in [-0.05, 0) is 47.5 Å². The Bertz CT molecular complexity index is 314. The molecule has 1 aromatic carbocycles. The van der Waals surface area contributed by atoms with Crippen LogP contribution in [0.15, 0.2) is 22.7 Å². The van der Waals surface area contributed by atoms with Gasteiger partial charge in [0.05, 0.1) is 5.69 Å². The summed E-state index contributed by atoms with van der Waals surface area (Å²) in [6.45, 7) is 4.29. The molecule has 1 N–H and O–H groups in total. The molecule has 0 spiro atoms. The Hall–Kier alpha value is -0.570. The molecular formula is C12H17BrFN. The summed E-state index contributed by atoms with van der Waals surface area (Å²) in [4.78, 5) is 0. The van der Waals surface area contributed by atoms with Crippen LogP contribution in [0.25, 0.3) is 0 Å². The molecule has 3 heteroatoms. The zero-order chi connectivity index (χ0) is 11.3.